The molecule has 0 radical (unpaired) electrons. The lowest BCUT2D eigenvalue weighted by Gasteiger charge is -2.17. The molecule has 0 aliphatic rings. The maximum Gasteiger partial charge on any atom is 0.324 e. The molecule has 128 valence electrons. The predicted molar refractivity (Wildman–Crippen MR) is 92.1 cm³/mol. The van der Waals surface area contributed by atoms with Gasteiger partial charge in [0.25, 0.3) is 0 Å². The van der Waals surface area contributed by atoms with Crippen molar-refractivity contribution >= 4 is 16.0 Å². The van der Waals surface area contributed by atoms with E-state index in [1.54, 1.807) is 19.1 Å². The van der Waals surface area contributed by atoms with Crippen LogP contribution in [0.1, 0.15) is 18.1 Å². The van der Waals surface area contributed by atoms with Gasteiger partial charge in [-0.25, -0.2) is 8.42 Å². The van der Waals surface area contributed by atoms with Gasteiger partial charge in [-0.1, -0.05) is 48.0 Å². The van der Waals surface area contributed by atoms with Crippen molar-refractivity contribution in [1.29, 1.82) is 0 Å². The Hall–Kier alpha value is -2.18. The largest absolute Gasteiger partial charge is 0.465 e. The molecule has 1 N–H and O–H groups in total. The number of ether oxygens (including phenoxy) is 1. The van der Waals surface area contributed by atoms with Crippen LogP contribution >= 0.6 is 0 Å². The van der Waals surface area contributed by atoms with Crippen LogP contribution in [-0.4, -0.2) is 27.0 Å². The lowest BCUT2D eigenvalue weighted by Crippen LogP contribution is -2.43. The van der Waals surface area contributed by atoms with E-state index < -0.39 is 22.0 Å². The Bertz CT molecular complexity index is 770. The van der Waals surface area contributed by atoms with Gasteiger partial charge >= 0.3 is 5.97 Å². The van der Waals surface area contributed by atoms with E-state index in [-0.39, 0.29) is 17.9 Å². The molecular formula is C18H21NO4S. The first-order valence-electron chi connectivity index (χ1n) is 7.72. The Morgan fingerprint density at radius 3 is 2.29 bits per heavy atom. The van der Waals surface area contributed by atoms with Gasteiger partial charge < -0.3 is 4.74 Å². The highest BCUT2D eigenvalue weighted by molar-refractivity contribution is 7.89. The SMILES string of the molecule is CCOC(=O)[C@@H](Cc1ccccc1)NS(=O)(=O)c1ccc(C)cc1. The van der Waals surface area contributed by atoms with Crippen LogP contribution < -0.4 is 4.72 Å². The Balaban J connectivity index is 2.23. The summed E-state index contributed by atoms with van der Waals surface area (Å²) in [7, 11) is -3.81. The Morgan fingerprint density at radius 2 is 1.71 bits per heavy atom. The first-order valence-corrected chi connectivity index (χ1v) is 9.20. The number of hydrogen-bond acceptors (Lipinski definition) is 4. The Labute approximate surface area is 142 Å². The average molecular weight is 347 g/mol. The van der Waals surface area contributed by atoms with E-state index in [2.05, 4.69) is 4.72 Å². The van der Waals surface area contributed by atoms with Gasteiger partial charge in [0, 0.05) is 0 Å². The lowest BCUT2D eigenvalue weighted by atomic mass is 10.1. The number of carbonyl (C=O) groups excluding carboxylic acids is 1. The Morgan fingerprint density at radius 1 is 1.08 bits per heavy atom. The molecule has 0 bridgehead atoms. The van der Waals surface area contributed by atoms with Crippen molar-refractivity contribution in [2.45, 2.75) is 31.2 Å². The van der Waals surface area contributed by atoms with Gasteiger partial charge in [0.15, 0.2) is 0 Å². The highest BCUT2D eigenvalue weighted by atomic mass is 32.2. The van der Waals surface area contributed by atoms with Crippen molar-refractivity contribution in [3.05, 3.63) is 65.7 Å². The number of hydrogen-bond donors (Lipinski definition) is 1. The Kier molecular flexibility index (Phi) is 6.11. The minimum atomic E-state index is -3.81. The summed E-state index contributed by atoms with van der Waals surface area (Å²) >= 11 is 0. The number of nitrogens with one attached hydrogen (secondary N) is 1. The standard InChI is InChI=1S/C18H21NO4S/c1-3-23-18(20)17(13-15-7-5-4-6-8-15)19-24(21,22)16-11-9-14(2)10-12-16/h4-12,17,19H,3,13H2,1-2H3/t17-/m1/s1. The second-order valence-electron chi connectivity index (χ2n) is 5.43. The van der Waals surface area contributed by atoms with E-state index >= 15 is 0 Å². The summed E-state index contributed by atoms with van der Waals surface area (Å²) in [5, 5.41) is 0. The van der Waals surface area contributed by atoms with Crippen molar-refractivity contribution in [3.8, 4) is 0 Å². The molecule has 5 nitrogen and oxygen atoms in total. The fourth-order valence-electron chi connectivity index (χ4n) is 2.24. The predicted octanol–water partition coefficient (Wildman–Crippen LogP) is 2.45. The fraction of sp³-hybridized carbons (Fsp3) is 0.278. The van der Waals surface area contributed by atoms with Gasteiger partial charge in [0.1, 0.15) is 6.04 Å². The summed E-state index contributed by atoms with van der Waals surface area (Å²) in [5.74, 6) is -0.586. The van der Waals surface area contributed by atoms with Crippen LogP contribution in [0.3, 0.4) is 0 Å². The van der Waals surface area contributed by atoms with E-state index in [1.807, 2.05) is 37.3 Å². The van der Waals surface area contributed by atoms with Gasteiger partial charge in [-0.3, -0.25) is 4.79 Å². The zero-order chi connectivity index (χ0) is 17.6. The zero-order valence-electron chi connectivity index (χ0n) is 13.7. The fourth-order valence-corrected chi connectivity index (χ4v) is 3.42. The van der Waals surface area contributed by atoms with Crippen molar-refractivity contribution in [2.75, 3.05) is 6.61 Å². The molecule has 24 heavy (non-hydrogen) atoms. The second-order valence-corrected chi connectivity index (χ2v) is 7.14. The number of esters is 1. The van der Waals surface area contributed by atoms with Crippen LogP contribution in [0.5, 0.6) is 0 Å². The quantitative estimate of drug-likeness (QED) is 0.781. The summed E-state index contributed by atoms with van der Waals surface area (Å²) in [4.78, 5) is 12.3. The third kappa shape index (κ3) is 4.91. The average Bonchev–Trinajstić information content (AvgIpc) is 2.55. The van der Waals surface area contributed by atoms with Crippen LogP contribution in [0.2, 0.25) is 0 Å². The molecule has 0 unspecified atom stereocenters. The van der Waals surface area contributed by atoms with Crippen molar-refractivity contribution in [2.24, 2.45) is 0 Å². The summed E-state index contributed by atoms with van der Waals surface area (Å²) < 4.78 is 32.5. The normalized spacial score (nSPS) is 12.6. The minimum Gasteiger partial charge on any atom is -0.465 e. The number of rotatable bonds is 7. The zero-order valence-corrected chi connectivity index (χ0v) is 14.5. The molecule has 2 aromatic carbocycles. The minimum absolute atomic E-state index is 0.121. The van der Waals surface area contributed by atoms with E-state index in [0.29, 0.717) is 0 Å². The first-order chi connectivity index (χ1) is 11.4. The van der Waals surface area contributed by atoms with Gasteiger partial charge in [-0.15, -0.1) is 0 Å². The maximum atomic E-state index is 12.5. The molecule has 0 amide bonds. The molecule has 6 heteroatoms. The number of sulfonamides is 1. The molecule has 0 spiro atoms. The molecule has 2 rings (SSSR count). The van der Waals surface area contributed by atoms with E-state index in [1.165, 1.54) is 12.1 Å². The number of carbonyl (C=O) groups is 1. The first kappa shape index (κ1) is 18.2. The highest BCUT2D eigenvalue weighted by Gasteiger charge is 2.27. The van der Waals surface area contributed by atoms with Gasteiger partial charge in [0.2, 0.25) is 10.0 Å². The number of benzene rings is 2. The summed E-state index contributed by atoms with van der Waals surface area (Å²) in [6.45, 7) is 3.75. The monoisotopic (exact) mass is 347 g/mol. The van der Waals surface area contributed by atoms with Gasteiger partial charge in [0.05, 0.1) is 11.5 Å². The molecule has 0 fully saturated rings. The summed E-state index contributed by atoms with van der Waals surface area (Å²) in [6.07, 6.45) is 0.227. The lowest BCUT2D eigenvalue weighted by molar-refractivity contribution is -0.145. The molecule has 0 aliphatic carbocycles. The number of aryl methyl sites for hydroxylation is 1. The molecule has 2 aromatic rings. The maximum absolute atomic E-state index is 12.5. The smallest absolute Gasteiger partial charge is 0.324 e. The highest BCUT2D eigenvalue weighted by Crippen LogP contribution is 2.13. The third-order valence-corrected chi connectivity index (χ3v) is 4.97. The van der Waals surface area contributed by atoms with Crippen LogP contribution in [0.25, 0.3) is 0 Å². The van der Waals surface area contributed by atoms with E-state index in [9.17, 15) is 13.2 Å². The molecule has 0 saturated heterocycles. The van der Waals surface area contributed by atoms with Crippen LogP contribution in [-0.2, 0) is 26.0 Å². The van der Waals surface area contributed by atoms with E-state index in [4.69, 9.17) is 4.74 Å². The van der Waals surface area contributed by atoms with Crippen LogP contribution in [0, 0.1) is 6.92 Å². The third-order valence-electron chi connectivity index (χ3n) is 3.48. The van der Waals surface area contributed by atoms with Gasteiger partial charge in [-0.2, -0.15) is 4.72 Å². The molecular weight excluding hydrogens is 326 g/mol. The molecule has 0 aliphatic heterocycles. The topological polar surface area (TPSA) is 72.5 Å². The van der Waals surface area contributed by atoms with Crippen LogP contribution in [0.4, 0.5) is 0 Å². The van der Waals surface area contributed by atoms with Gasteiger partial charge in [-0.05, 0) is 38.0 Å². The second kappa shape index (κ2) is 8.08. The van der Waals surface area contributed by atoms with Crippen molar-refractivity contribution in [1.82, 2.24) is 4.72 Å². The summed E-state index contributed by atoms with van der Waals surface area (Å²) in [6, 6.07) is 14.7. The van der Waals surface area contributed by atoms with Crippen molar-refractivity contribution in [3.63, 3.8) is 0 Å². The molecule has 0 aromatic heterocycles. The summed E-state index contributed by atoms with van der Waals surface area (Å²) in [5.41, 5.74) is 1.81. The molecule has 1 atom stereocenters. The van der Waals surface area contributed by atoms with Crippen LogP contribution in [0.15, 0.2) is 59.5 Å². The van der Waals surface area contributed by atoms with Crippen molar-refractivity contribution < 1.29 is 17.9 Å². The van der Waals surface area contributed by atoms with E-state index in [0.717, 1.165) is 11.1 Å². The molecule has 0 heterocycles. The molecule has 0 saturated carbocycles.